The molecule has 0 saturated carbocycles. The molecule has 13 heavy (non-hydrogen) atoms. The Morgan fingerprint density at radius 1 is 1.54 bits per heavy atom. The molecule has 0 unspecified atom stereocenters. The maximum absolute atomic E-state index is 9.52. The third-order valence-electron chi connectivity index (χ3n) is 1.50. The molecule has 2 N–H and O–H groups in total. The number of hydrogen-bond acceptors (Lipinski definition) is 4. The highest BCUT2D eigenvalue weighted by Gasteiger charge is 2.15. The third kappa shape index (κ3) is 1.77. The van der Waals surface area contributed by atoms with Crippen molar-refractivity contribution in [2.24, 2.45) is 4.40 Å². The van der Waals surface area contributed by atoms with Gasteiger partial charge in [0.05, 0.1) is 10.6 Å². The minimum absolute atomic E-state index is 0.127. The van der Waals surface area contributed by atoms with E-state index in [-0.39, 0.29) is 5.75 Å². The van der Waals surface area contributed by atoms with Crippen LogP contribution in [-0.2, 0) is 0 Å². The predicted molar refractivity (Wildman–Crippen MR) is 59.0 cm³/mol. The monoisotopic (exact) mass is 278 g/mol. The topological polar surface area (TPSA) is 44.6 Å². The van der Waals surface area contributed by atoms with Crippen LogP contribution >= 0.6 is 39.5 Å². The molecule has 1 aliphatic heterocycles. The van der Waals surface area contributed by atoms with Crippen molar-refractivity contribution in [3.63, 3.8) is 0 Å². The van der Waals surface area contributed by atoms with Gasteiger partial charge >= 0.3 is 0 Å². The van der Waals surface area contributed by atoms with Gasteiger partial charge in [0.2, 0.25) is 0 Å². The normalized spacial score (nSPS) is 14.5. The van der Waals surface area contributed by atoms with E-state index in [2.05, 4.69) is 25.6 Å². The lowest BCUT2D eigenvalue weighted by molar-refractivity contribution is 0.476. The van der Waals surface area contributed by atoms with Gasteiger partial charge in [-0.1, -0.05) is 11.6 Å². The molecule has 3 nitrogen and oxygen atoms in total. The van der Waals surface area contributed by atoms with Crippen LogP contribution in [0, 0.1) is 0 Å². The Morgan fingerprint density at radius 3 is 3.08 bits per heavy atom. The first-order valence-electron chi connectivity index (χ1n) is 3.37. The van der Waals surface area contributed by atoms with Crippen molar-refractivity contribution in [1.82, 2.24) is 0 Å². The van der Waals surface area contributed by atoms with Crippen molar-refractivity contribution < 1.29 is 5.11 Å². The maximum Gasteiger partial charge on any atom is 0.182 e. The van der Waals surface area contributed by atoms with Crippen LogP contribution in [0.15, 0.2) is 21.4 Å². The van der Waals surface area contributed by atoms with Gasteiger partial charge in [0.15, 0.2) is 4.74 Å². The zero-order valence-corrected chi connectivity index (χ0v) is 9.37. The van der Waals surface area contributed by atoms with Gasteiger partial charge in [-0.15, -0.1) is 0 Å². The molecule has 0 atom stereocenters. The summed E-state index contributed by atoms with van der Waals surface area (Å²) in [5, 5.41) is 12.9. The first-order valence-corrected chi connectivity index (χ1v) is 5.31. The summed E-state index contributed by atoms with van der Waals surface area (Å²) in [6, 6.07) is 3.23. The van der Waals surface area contributed by atoms with Crippen molar-refractivity contribution in [1.29, 1.82) is 0 Å². The highest BCUT2D eigenvalue weighted by molar-refractivity contribution is 9.18. The molecule has 0 aromatic heterocycles. The Morgan fingerprint density at radius 2 is 2.31 bits per heavy atom. The van der Waals surface area contributed by atoms with Crippen molar-refractivity contribution in [2.75, 3.05) is 5.32 Å². The number of phenolic OH excluding ortho intramolecular Hbond substituents is 1. The summed E-state index contributed by atoms with van der Waals surface area (Å²) in [5.41, 5.74) is 0.635. The first-order chi connectivity index (χ1) is 6.16. The molecule has 68 valence electrons. The van der Waals surface area contributed by atoms with Crippen molar-refractivity contribution >= 4 is 49.9 Å². The van der Waals surface area contributed by atoms with Crippen LogP contribution < -0.4 is 5.32 Å². The molecule has 0 aliphatic carbocycles. The fourth-order valence-electron chi connectivity index (χ4n) is 0.981. The number of benzene rings is 1. The van der Waals surface area contributed by atoms with Crippen LogP contribution in [0.4, 0.5) is 5.69 Å². The molecule has 1 aliphatic rings. The quantitative estimate of drug-likeness (QED) is 0.435. The molecule has 1 aromatic rings. The number of amidine groups is 1. The van der Waals surface area contributed by atoms with Gasteiger partial charge in [0, 0.05) is 23.0 Å². The van der Waals surface area contributed by atoms with Gasteiger partial charge in [-0.3, -0.25) is 0 Å². The van der Waals surface area contributed by atoms with E-state index in [1.54, 1.807) is 6.07 Å². The molecule has 0 saturated heterocycles. The lowest BCUT2D eigenvalue weighted by Gasteiger charge is -2.15. The highest BCUT2D eigenvalue weighted by atomic mass is 79.9. The minimum Gasteiger partial charge on any atom is -0.506 e. The van der Waals surface area contributed by atoms with Gasteiger partial charge in [-0.25, -0.2) is 0 Å². The third-order valence-corrected chi connectivity index (χ3v) is 3.12. The van der Waals surface area contributed by atoms with E-state index >= 15 is 0 Å². The van der Waals surface area contributed by atoms with Crippen LogP contribution in [-0.4, -0.2) is 9.85 Å². The molecular weight excluding hydrogens is 276 g/mol. The summed E-state index contributed by atoms with van der Waals surface area (Å²) in [5.74, 6) is 0.127. The van der Waals surface area contributed by atoms with E-state index in [9.17, 15) is 5.11 Å². The molecule has 1 aromatic carbocycles. The average molecular weight is 280 g/mol. The van der Waals surface area contributed by atoms with Gasteiger partial charge in [-0.2, -0.15) is 4.40 Å². The van der Waals surface area contributed by atoms with Gasteiger partial charge in [0.25, 0.3) is 0 Å². The lowest BCUT2D eigenvalue weighted by atomic mass is 10.3. The zero-order chi connectivity index (χ0) is 9.42. The maximum atomic E-state index is 9.52. The van der Waals surface area contributed by atoms with Crippen LogP contribution in [0.1, 0.15) is 0 Å². The number of aromatic hydroxyl groups is 1. The number of halogens is 2. The standard InChI is InChI=1S/C7H4BrClN2OS/c8-7-10-6-4(12)1-3(9)2-5(6)13-11-7/h1-2,12H,(H,10,11). The zero-order valence-electron chi connectivity index (χ0n) is 6.21. The molecular formula is C7H4BrClN2OS. The SMILES string of the molecule is Oc1cc(Cl)cc2c1NC(Br)=NS2. The Balaban J connectivity index is 2.52. The summed E-state index contributed by atoms with van der Waals surface area (Å²) in [6.45, 7) is 0. The molecule has 1 heterocycles. The fraction of sp³-hybridized carbons (Fsp3) is 0. The molecule has 0 spiro atoms. The van der Waals surface area contributed by atoms with Gasteiger partial charge < -0.3 is 10.4 Å². The molecule has 0 fully saturated rings. The van der Waals surface area contributed by atoms with Gasteiger partial charge in [-0.05, 0) is 22.0 Å². The molecule has 6 heteroatoms. The highest BCUT2D eigenvalue weighted by Crippen LogP contribution is 2.41. The minimum atomic E-state index is 0.127. The second-order valence-electron chi connectivity index (χ2n) is 2.40. The Bertz CT molecular complexity index is 396. The molecule has 2 rings (SSSR count). The number of fused-ring (bicyclic) bond motifs is 1. The Kier molecular flexibility index (Phi) is 2.40. The lowest BCUT2D eigenvalue weighted by Crippen LogP contribution is -2.07. The fourth-order valence-corrected chi connectivity index (χ4v) is 2.32. The van der Waals surface area contributed by atoms with Crippen LogP contribution in [0.2, 0.25) is 5.02 Å². The van der Waals surface area contributed by atoms with Gasteiger partial charge in [0.1, 0.15) is 5.75 Å². The second kappa shape index (κ2) is 3.40. The number of nitrogens with zero attached hydrogens (tertiary/aromatic N) is 1. The summed E-state index contributed by atoms with van der Waals surface area (Å²) in [4.78, 5) is 0.813. The predicted octanol–water partition coefficient (Wildman–Crippen LogP) is 3.23. The smallest absolute Gasteiger partial charge is 0.182 e. The summed E-state index contributed by atoms with van der Waals surface area (Å²) >= 11 is 10.2. The average Bonchev–Trinajstić information content (AvgIpc) is 2.06. The Hall–Kier alpha value is -0.390. The van der Waals surface area contributed by atoms with E-state index in [0.29, 0.717) is 15.5 Å². The van der Waals surface area contributed by atoms with E-state index < -0.39 is 0 Å². The molecule has 0 bridgehead atoms. The second-order valence-corrected chi connectivity index (χ2v) is 4.39. The largest absolute Gasteiger partial charge is 0.506 e. The number of phenols is 1. The van der Waals surface area contributed by atoms with Crippen LogP contribution in [0.25, 0.3) is 0 Å². The van der Waals surface area contributed by atoms with Crippen LogP contribution in [0.5, 0.6) is 5.75 Å². The summed E-state index contributed by atoms with van der Waals surface area (Å²) < 4.78 is 4.61. The van der Waals surface area contributed by atoms with E-state index in [1.807, 2.05) is 0 Å². The number of rotatable bonds is 0. The summed E-state index contributed by atoms with van der Waals surface area (Å²) in [7, 11) is 0. The molecule has 0 amide bonds. The Labute approximate surface area is 92.5 Å². The number of anilines is 1. The first kappa shape index (κ1) is 9.18. The number of nitrogens with one attached hydrogen (secondary N) is 1. The summed E-state index contributed by atoms with van der Waals surface area (Å²) in [6.07, 6.45) is 0. The van der Waals surface area contributed by atoms with Crippen molar-refractivity contribution in [2.45, 2.75) is 4.90 Å². The van der Waals surface area contributed by atoms with Crippen LogP contribution in [0.3, 0.4) is 0 Å². The van der Waals surface area contributed by atoms with Crippen molar-refractivity contribution in [3.8, 4) is 5.75 Å². The number of hydrogen-bond donors (Lipinski definition) is 2. The molecule has 0 radical (unpaired) electrons. The van der Waals surface area contributed by atoms with E-state index in [0.717, 1.165) is 4.90 Å². The van der Waals surface area contributed by atoms with E-state index in [4.69, 9.17) is 11.6 Å². The van der Waals surface area contributed by atoms with E-state index in [1.165, 1.54) is 18.0 Å². The van der Waals surface area contributed by atoms with Crippen molar-refractivity contribution in [3.05, 3.63) is 17.2 Å².